The Hall–Kier alpha value is -1.95. The van der Waals surface area contributed by atoms with Gasteiger partial charge in [-0.25, -0.2) is 0 Å². The van der Waals surface area contributed by atoms with Gasteiger partial charge < -0.3 is 14.7 Å². The Morgan fingerprint density at radius 3 is 2.84 bits per heavy atom. The number of nitrogens with one attached hydrogen (secondary N) is 2. The number of aromatic amines is 1. The molecule has 2 heterocycles. The molecule has 2 N–H and O–H groups in total. The minimum Gasteiger partial charge on any atom is -0.421 e. The molecule has 2 aromatic rings. The fraction of sp³-hybridized carbons (Fsp3) is 0.462. The van der Waals surface area contributed by atoms with Crippen molar-refractivity contribution in [2.75, 3.05) is 6.54 Å². The summed E-state index contributed by atoms with van der Waals surface area (Å²) in [7, 11) is 0. The van der Waals surface area contributed by atoms with Crippen LogP contribution in [0.4, 0.5) is 0 Å². The minimum absolute atomic E-state index is 0.0651. The van der Waals surface area contributed by atoms with E-state index in [4.69, 9.17) is 4.42 Å². The maximum Gasteiger partial charge on any atom is 0.248 e. The molecule has 2 aromatic heterocycles. The van der Waals surface area contributed by atoms with Gasteiger partial charge in [-0.1, -0.05) is 0 Å². The number of hydrogen-bond acceptors (Lipinski definition) is 5. The van der Waals surface area contributed by atoms with E-state index < -0.39 is 0 Å². The second-order valence-electron chi connectivity index (χ2n) is 5.37. The lowest BCUT2D eigenvalue weighted by Gasteiger charge is -2.19. The largest absolute Gasteiger partial charge is 0.421 e. The number of pyridine rings is 1. The zero-order valence-electron chi connectivity index (χ0n) is 11.4. The summed E-state index contributed by atoms with van der Waals surface area (Å²) in [5.74, 6) is 0.934. The molecule has 19 heavy (non-hydrogen) atoms. The fourth-order valence-corrected chi connectivity index (χ4v) is 1.59. The molecule has 6 nitrogen and oxygen atoms in total. The summed E-state index contributed by atoms with van der Waals surface area (Å²) in [6.07, 6.45) is 2.22. The second kappa shape index (κ2) is 5.36. The zero-order valence-corrected chi connectivity index (χ0v) is 11.4. The molecule has 0 saturated heterocycles. The van der Waals surface area contributed by atoms with Crippen molar-refractivity contribution < 1.29 is 4.42 Å². The van der Waals surface area contributed by atoms with E-state index >= 15 is 0 Å². The van der Waals surface area contributed by atoms with E-state index in [1.54, 1.807) is 12.3 Å². The van der Waals surface area contributed by atoms with Gasteiger partial charge in [-0.05, 0) is 26.8 Å². The van der Waals surface area contributed by atoms with E-state index in [1.807, 2.05) is 0 Å². The lowest BCUT2D eigenvalue weighted by Crippen LogP contribution is -2.37. The van der Waals surface area contributed by atoms with E-state index in [0.29, 0.717) is 23.8 Å². The van der Waals surface area contributed by atoms with Crippen LogP contribution in [-0.2, 0) is 6.42 Å². The van der Waals surface area contributed by atoms with Gasteiger partial charge in [0, 0.05) is 36.3 Å². The molecule has 0 fully saturated rings. The molecule has 102 valence electrons. The normalized spacial score (nSPS) is 11.7. The summed E-state index contributed by atoms with van der Waals surface area (Å²) in [6, 6.07) is 3.16. The molecular weight excluding hydrogens is 244 g/mol. The quantitative estimate of drug-likeness (QED) is 0.869. The van der Waals surface area contributed by atoms with Crippen molar-refractivity contribution in [2.24, 2.45) is 0 Å². The maximum absolute atomic E-state index is 11.2. The summed E-state index contributed by atoms with van der Waals surface area (Å²) in [6.45, 7) is 7.06. The highest BCUT2D eigenvalue weighted by atomic mass is 16.4. The summed E-state index contributed by atoms with van der Waals surface area (Å²) in [5, 5.41) is 11.3. The lowest BCUT2D eigenvalue weighted by molar-refractivity contribution is 0.412. The first-order valence-electron chi connectivity index (χ1n) is 6.20. The molecule has 0 unspecified atom stereocenters. The van der Waals surface area contributed by atoms with Crippen molar-refractivity contribution in [2.45, 2.75) is 32.7 Å². The topological polar surface area (TPSA) is 83.8 Å². The van der Waals surface area contributed by atoms with Crippen LogP contribution in [0.3, 0.4) is 0 Å². The highest BCUT2D eigenvalue weighted by molar-refractivity contribution is 5.50. The molecule has 0 saturated carbocycles. The predicted octanol–water partition coefficient (Wildman–Crippen LogP) is 1.36. The summed E-state index contributed by atoms with van der Waals surface area (Å²) < 4.78 is 5.52. The Kier molecular flexibility index (Phi) is 3.80. The van der Waals surface area contributed by atoms with Crippen LogP contribution in [0.15, 0.2) is 27.5 Å². The van der Waals surface area contributed by atoms with Crippen LogP contribution >= 0.6 is 0 Å². The van der Waals surface area contributed by atoms with Crippen LogP contribution in [0.25, 0.3) is 11.5 Å². The zero-order chi connectivity index (χ0) is 13.9. The van der Waals surface area contributed by atoms with Crippen molar-refractivity contribution in [1.29, 1.82) is 0 Å². The molecule has 0 bridgehead atoms. The Morgan fingerprint density at radius 2 is 2.16 bits per heavy atom. The molecule has 0 atom stereocenters. The average Bonchev–Trinajstić information content (AvgIpc) is 2.76. The third-order valence-corrected chi connectivity index (χ3v) is 2.48. The van der Waals surface area contributed by atoms with Gasteiger partial charge in [-0.3, -0.25) is 4.79 Å². The summed E-state index contributed by atoms with van der Waals surface area (Å²) in [5.41, 5.74) is 0.508. The van der Waals surface area contributed by atoms with Gasteiger partial charge >= 0.3 is 0 Å². The number of nitrogens with zero attached hydrogens (tertiary/aromatic N) is 2. The molecule has 2 rings (SSSR count). The van der Waals surface area contributed by atoms with E-state index in [0.717, 1.165) is 6.54 Å². The van der Waals surface area contributed by atoms with Gasteiger partial charge in [0.2, 0.25) is 17.3 Å². The number of rotatable bonds is 4. The molecule has 0 aliphatic rings. The first-order chi connectivity index (χ1) is 8.94. The average molecular weight is 262 g/mol. The maximum atomic E-state index is 11.2. The van der Waals surface area contributed by atoms with E-state index in [2.05, 4.69) is 41.3 Å². The third kappa shape index (κ3) is 4.03. The Labute approximate surface area is 111 Å². The first-order valence-corrected chi connectivity index (χ1v) is 6.20. The van der Waals surface area contributed by atoms with Gasteiger partial charge in [-0.15, -0.1) is 10.2 Å². The van der Waals surface area contributed by atoms with E-state index in [1.165, 1.54) is 6.07 Å². The highest BCUT2D eigenvalue weighted by Crippen LogP contribution is 2.15. The van der Waals surface area contributed by atoms with E-state index in [-0.39, 0.29) is 11.1 Å². The van der Waals surface area contributed by atoms with Crippen LogP contribution < -0.4 is 10.9 Å². The van der Waals surface area contributed by atoms with Gasteiger partial charge in [0.05, 0.1) is 0 Å². The van der Waals surface area contributed by atoms with Crippen molar-refractivity contribution in [3.05, 3.63) is 34.6 Å². The van der Waals surface area contributed by atoms with Crippen molar-refractivity contribution in [3.63, 3.8) is 0 Å². The molecular formula is C13H18N4O2. The van der Waals surface area contributed by atoms with Crippen molar-refractivity contribution in [1.82, 2.24) is 20.5 Å². The van der Waals surface area contributed by atoms with Crippen LogP contribution in [-0.4, -0.2) is 27.3 Å². The van der Waals surface area contributed by atoms with Gasteiger partial charge in [-0.2, -0.15) is 0 Å². The Balaban J connectivity index is 2.01. The molecule has 6 heteroatoms. The molecule has 0 aliphatic heterocycles. The monoisotopic (exact) mass is 262 g/mol. The number of H-pyrrole nitrogens is 1. The van der Waals surface area contributed by atoms with Crippen molar-refractivity contribution in [3.8, 4) is 11.5 Å². The third-order valence-electron chi connectivity index (χ3n) is 2.48. The molecule has 0 aliphatic carbocycles. The first kappa shape index (κ1) is 13.5. The van der Waals surface area contributed by atoms with Crippen LogP contribution in [0.2, 0.25) is 0 Å². The minimum atomic E-state index is -0.188. The molecule has 0 radical (unpaired) electrons. The van der Waals surface area contributed by atoms with Gasteiger partial charge in [0.15, 0.2) is 0 Å². The Bertz CT molecular complexity index is 595. The predicted molar refractivity (Wildman–Crippen MR) is 71.8 cm³/mol. The van der Waals surface area contributed by atoms with Crippen LogP contribution in [0.1, 0.15) is 26.7 Å². The molecule has 0 amide bonds. The SMILES string of the molecule is CC(C)(C)NCCc1nnc(-c2cc[nH]c(=O)c2)o1. The van der Waals surface area contributed by atoms with E-state index in [9.17, 15) is 4.79 Å². The van der Waals surface area contributed by atoms with Crippen LogP contribution in [0.5, 0.6) is 0 Å². The molecule has 0 aromatic carbocycles. The molecule has 0 spiro atoms. The van der Waals surface area contributed by atoms with Gasteiger partial charge in [0.1, 0.15) is 0 Å². The van der Waals surface area contributed by atoms with Crippen LogP contribution in [0, 0.1) is 0 Å². The lowest BCUT2D eigenvalue weighted by atomic mass is 10.1. The Morgan fingerprint density at radius 1 is 1.37 bits per heavy atom. The standard InChI is InChI=1S/C13H18N4O2/c1-13(2,3)15-7-5-11-16-17-12(19-11)9-4-6-14-10(18)8-9/h4,6,8,15H,5,7H2,1-3H3,(H,14,18). The summed E-state index contributed by atoms with van der Waals surface area (Å²) in [4.78, 5) is 13.7. The number of hydrogen-bond donors (Lipinski definition) is 2. The smallest absolute Gasteiger partial charge is 0.248 e. The second-order valence-corrected chi connectivity index (χ2v) is 5.37. The van der Waals surface area contributed by atoms with Gasteiger partial charge in [0.25, 0.3) is 0 Å². The number of aromatic nitrogens is 3. The summed E-state index contributed by atoms with van der Waals surface area (Å²) >= 11 is 0. The highest BCUT2D eigenvalue weighted by Gasteiger charge is 2.11. The van der Waals surface area contributed by atoms with Crippen molar-refractivity contribution >= 4 is 0 Å². The fourth-order valence-electron chi connectivity index (χ4n) is 1.59.